The highest BCUT2D eigenvalue weighted by Gasteiger charge is 2.25. The maximum absolute atomic E-state index is 11.4. The van der Waals surface area contributed by atoms with E-state index in [2.05, 4.69) is 0 Å². The van der Waals surface area contributed by atoms with Crippen molar-refractivity contribution in [2.24, 2.45) is 5.92 Å². The zero-order valence-corrected chi connectivity index (χ0v) is 8.63. The second-order valence-corrected chi connectivity index (χ2v) is 4.11. The molecule has 1 saturated heterocycles. The van der Waals surface area contributed by atoms with Gasteiger partial charge in [-0.1, -0.05) is 6.92 Å². The van der Waals surface area contributed by atoms with Crippen LogP contribution in [0.2, 0.25) is 0 Å². The summed E-state index contributed by atoms with van der Waals surface area (Å²) in [7, 11) is 0. The van der Waals surface area contributed by atoms with E-state index in [0.717, 1.165) is 13.0 Å². The van der Waals surface area contributed by atoms with E-state index in [1.807, 2.05) is 6.92 Å². The van der Waals surface area contributed by atoms with Gasteiger partial charge in [0.2, 0.25) is 5.91 Å². The van der Waals surface area contributed by atoms with Crippen LogP contribution in [-0.2, 0) is 4.79 Å². The Labute approximate surface area is 83.7 Å². The smallest absolute Gasteiger partial charge is 0.223 e. The number of hydrogen-bond donors (Lipinski definition) is 1. The van der Waals surface area contributed by atoms with Gasteiger partial charge in [0, 0.05) is 25.4 Å². The number of aliphatic hydroxyl groups is 1. The molecule has 1 heterocycles. The van der Waals surface area contributed by atoms with Crippen LogP contribution in [0.15, 0.2) is 0 Å². The number of likely N-dealkylation sites (tertiary alicyclic amines) is 1. The molecule has 0 aromatic rings. The Balaban J connectivity index is 2.45. The van der Waals surface area contributed by atoms with Crippen molar-refractivity contribution in [3.05, 3.63) is 0 Å². The van der Waals surface area contributed by atoms with Gasteiger partial charge in [-0.2, -0.15) is 0 Å². The number of carbonyl (C=O) groups excluding carboxylic acids is 1. The zero-order valence-electron chi connectivity index (χ0n) is 7.87. The molecule has 3 nitrogen and oxygen atoms in total. The predicted octanol–water partition coefficient (Wildman–Crippen LogP) is 0.845. The van der Waals surface area contributed by atoms with Gasteiger partial charge in [0.15, 0.2) is 0 Å². The summed E-state index contributed by atoms with van der Waals surface area (Å²) in [4.78, 5) is 13.1. The van der Waals surface area contributed by atoms with Gasteiger partial charge in [0.25, 0.3) is 0 Å². The first-order valence-electron chi connectivity index (χ1n) is 4.65. The van der Waals surface area contributed by atoms with Crippen molar-refractivity contribution in [3.63, 3.8) is 0 Å². The van der Waals surface area contributed by atoms with Gasteiger partial charge >= 0.3 is 0 Å². The Morgan fingerprint density at radius 3 is 2.85 bits per heavy atom. The number of β-amino-alcohol motifs (C(OH)–C–C–N with tert-alkyl or cyclic N) is 1. The summed E-state index contributed by atoms with van der Waals surface area (Å²) in [6, 6.07) is 0. The summed E-state index contributed by atoms with van der Waals surface area (Å²) >= 11 is 5.48. The van der Waals surface area contributed by atoms with Crippen LogP contribution in [0, 0.1) is 5.92 Å². The van der Waals surface area contributed by atoms with Crippen molar-refractivity contribution in [2.75, 3.05) is 19.0 Å². The maximum atomic E-state index is 11.4. The topological polar surface area (TPSA) is 40.5 Å². The molecule has 0 spiro atoms. The maximum Gasteiger partial charge on any atom is 0.223 e. The summed E-state index contributed by atoms with van der Waals surface area (Å²) in [6.07, 6.45) is 0.814. The molecule has 0 radical (unpaired) electrons. The highest BCUT2D eigenvalue weighted by molar-refractivity contribution is 6.18. The van der Waals surface area contributed by atoms with E-state index >= 15 is 0 Å². The molecule has 0 bridgehead atoms. The van der Waals surface area contributed by atoms with E-state index < -0.39 is 0 Å². The summed E-state index contributed by atoms with van der Waals surface area (Å²) in [6.45, 7) is 3.27. The number of aliphatic hydroxyl groups excluding tert-OH is 1. The summed E-state index contributed by atoms with van der Waals surface area (Å²) in [5.41, 5.74) is 0. The van der Waals surface area contributed by atoms with Gasteiger partial charge in [-0.25, -0.2) is 0 Å². The molecule has 1 fully saturated rings. The number of carbonyl (C=O) groups is 1. The van der Waals surface area contributed by atoms with Crippen molar-refractivity contribution in [1.82, 2.24) is 4.90 Å². The van der Waals surface area contributed by atoms with Crippen LogP contribution in [0.1, 0.15) is 19.8 Å². The van der Waals surface area contributed by atoms with Crippen molar-refractivity contribution in [3.8, 4) is 0 Å². The van der Waals surface area contributed by atoms with E-state index in [4.69, 9.17) is 11.6 Å². The highest BCUT2D eigenvalue weighted by Crippen LogP contribution is 2.16. The normalized spacial score (nSPS) is 29.0. The standard InChI is InChI=1S/C9H16ClNO2/c1-7-4-8(12)6-11(5-7)9(13)2-3-10/h7-8,12H,2-6H2,1H3/t7-,8+/m1/s1. The SMILES string of the molecule is C[C@@H]1C[C@H](O)CN(C(=O)CCCl)C1. The van der Waals surface area contributed by atoms with Crippen LogP contribution in [0.4, 0.5) is 0 Å². The second-order valence-electron chi connectivity index (χ2n) is 3.73. The van der Waals surface area contributed by atoms with Gasteiger partial charge in [-0.15, -0.1) is 11.6 Å². The Morgan fingerprint density at radius 1 is 1.62 bits per heavy atom. The lowest BCUT2D eigenvalue weighted by Crippen LogP contribution is -2.45. The minimum absolute atomic E-state index is 0.0561. The predicted molar refractivity (Wildman–Crippen MR) is 51.7 cm³/mol. The highest BCUT2D eigenvalue weighted by atomic mass is 35.5. The van der Waals surface area contributed by atoms with Crippen molar-refractivity contribution < 1.29 is 9.90 Å². The van der Waals surface area contributed by atoms with Crippen molar-refractivity contribution >= 4 is 17.5 Å². The summed E-state index contributed by atoms with van der Waals surface area (Å²) in [5.74, 6) is 0.809. The largest absolute Gasteiger partial charge is 0.391 e. The van der Waals surface area contributed by atoms with Crippen LogP contribution in [0.25, 0.3) is 0 Å². The van der Waals surface area contributed by atoms with Gasteiger partial charge in [-0.3, -0.25) is 4.79 Å². The number of alkyl halides is 1. The first-order chi connectivity index (χ1) is 6.13. The zero-order chi connectivity index (χ0) is 9.84. The molecule has 1 N–H and O–H groups in total. The van der Waals surface area contributed by atoms with Crippen LogP contribution in [0.3, 0.4) is 0 Å². The Kier molecular flexibility index (Phi) is 4.00. The third-order valence-electron chi connectivity index (χ3n) is 2.30. The third-order valence-corrected chi connectivity index (χ3v) is 2.49. The molecule has 2 atom stereocenters. The molecule has 0 aromatic heterocycles. The average Bonchev–Trinajstić information content (AvgIpc) is 2.03. The van der Waals surface area contributed by atoms with Crippen molar-refractivity contribution in [1.29, 1.82) is 0 Å². The number of halogens is 1. The number of nitrogens with zero attached hydrogens (tertiary/aromatic N) is 1. The fourth-order valence-corrected chi connectivity index (χ4v) is 1.92. The Hall–Kier alpha value is -0.280. The molecule has 1 aliphatic heterocycles. The van der Waals surface area contributed by atoms with Gasteiger partial charge in [0.1, 0.15) is 0 Å². The fraction of sp³-hybridized carbons (Fsp3) is 0.889. The monoisotopic (exact) mass is 205 g/mol. The molecule has 1 amide bonds. The third kappa shape index (κ3) is 3.16. The first kappa shape index (κ1) is 10.8. The second kappa shape index (κ2) is 4.82. The lowest BCUT2D eigenvalue weighted by molar-refractivity contribution is -0.135. The molecule has 0 aliphatic carbocycles. The molecule has 76 valence electrons. The molecule has 4 heteroatoms. The van der Waals surface area contributed by atoms with E-state index in [0.29, 0.717) is 24.8 Å². The summed E-state index contributed by atoms with van der Waals surface area (Å²) in [5, 5.41) is 9.44. The first-order valence-corrected chi connectivity index (χ1v) is 5.18. The number of hydrogen-bond acceptors (Lipinski definition) is 2. The molecule has 1 aliphatic rings. The fourth-order valence-electron chi connectivity index (χ4n) is 1.76. The molecule has 0 saturated carbocycles. The van der Waals surface area contributed by atoms with Gasteiger partial charge < -0.3 is 10.0 Å². The van der Waals surface area contributed by atoms with Crippen LogP contribution >= 0.6 is 11.6 Å². The minimum atomic E-state index is -0.358. The Morgan fingerprint density at radius 2 is 2.31 bits per heavy atom. The van der Waals surface area contributed by atoms with E-state index in [9.17, 15) is 9.90 Å². The van der Waals surface area contributed by atoms with Gasteiger partial charge in [-0.05, 0) is 12.3 Å². The van der Waals surface area contributed by atoms with Crippen LogP contribution in [0.5, 0.6) is 0 Å². The molecular weight excluding hydrogens is 190 g/mol. The lowest BCUT2D eigenvalue weighted by atomic mass is 9.98. The number of amides is 1. The Bertz CT molecular complexity index is 176. The van der Waals surface area contributed by atoms with E-state index in [1.165, 1.54) is 0 Å². The molecule has 0 aromatic carbocycles. The summed E-state index contributed by atoms with van der Waals surface area (Å²) < 4.78 is 0. The molecule has 0 unspecified atom stereocenters. The van der Waals surface area contributed by atoms with E-state index in [-0.39, 0.29) is 12.0 Å². The van der Waals surface area contributed by atoms with Gasteiger partial charge in [0.05, 0.1) is 6.10 Å². The minimum Gasteiger partial charge on any atom is -0.391 e. The van der Waals surface area contributed by atoms with Crippen LogP contribution < -0.4 is 0 Å². The lowest BCUT2D eigenvalue weighted by Gasteiger charge is -2.34. The van der Waals surface area contributed by atoms with E-state index in [1.54, 1.807) is 4.90 Å². The average molecular weight is 206 g/mol. The van der Waals surface area contributed by atoms with Crippen LogP contribution in [-0.4, -0.2) is 41.0 Å². The molecule has 1 rings (SSSR count). The quantitative estimate of drug-likeness (QED) is 0.679. The number of rotatable bonds is 2. The molecular formula is C9H16ClNO2. The van der Waals surface area contributed by atoms with Crippen molar-refractivity contribution in [2.45, 2.75) is 25.9 Å². The number of piperidine rings is 1. The molecule has 13 heavy (non-hydrogen) atoms.